The number of benzene rings is 1. The number of fused-ring (bicyclic) bond motifs is 1. The summed E-state index contributed by atoms with van der Waals surface area (Å²) < 4.78 is 7.73. The van der Waals surface area contributed by atoms with E-state index in [1.54, 1.807) is 18.0 Å². The third-order valence-electron chi connectivity index (χ3n) is 3.13. The summed E-state index contributed by atoms with van der Waals surface area (Å²) in [5, 5.41) is 0. The lowest BCUT2D eigenvalue weighted by Crippen LogP contribution is -2.08. The van der Waals surface area contributed by atoms with E-state index in [1.807, 2.05) is 30.6 Å². The Kier molecular flexibility index (Phi) is 3.84. The fourth-order valence-electron chi connectivity index (χ4n) is 2.18. The van der Waals surface area contributed by atoms with Crippen LogP contribution in [0.5, 0.6) is 5.88 Å². The zero-order valence-corrected chi connectivity index (χ0v) is 13.1. The van der Waals surface area contributed by atoms with E-state index in [2.05, 4.69) is 40.5 Å². The van der Waals surface area contributed by atoms with Crippen molar-refractivity contribution in [1.29, 1.82) is 0 Å². The molecule has 0 amide bonds. The lowest BCUT2D eigenvalue weighted by molar-refractivity contribution is 0.234. The van der Waals surface area contributed by atoms with Gasteiger partial charge in [0.2, 0.25) is 5.65 Å². The Labute approximate surface area is 128 Å². The molecule has 3 rings (SSSR count). The van der Waals surface area contributed by atoms with Gasteiger partial charge in [-0.2, -0.15) is 0 Å². The topological polar surface area (TPSA) is 39.4 Å². The lowest BCUT2D eigenvalue weighted by atomic mass is 10.2. The van der Waals surface area contributed by atoms with E-state index in [-0.39, 0.29) is 6.10 Å². The smallest absolute Gasteiger partial charge is 0.258 e. The normalized spacial score (nSPS) is 11.2. The van der Waals surface area contributed by atoms with Crippen LogP contribution in [0.2, 0.25) is 0 Å². The first kappa shape index (κ1) is 13.9. The second-order valence-corrected chi connectivity index (χ2v) is 5.84. The fraction of sp³-hybridized carbons (Fsp3) is 0.250. The summed E-state index contributed by atoms with van der Waals surface area (Å²) >= 11 is 1.74. The summed E-state index contributed by atoms with van der Waals surface area (Å²) in [6, 6.07) is 8.45. The monoisotopic (exact) mass is 299 g/mol. The van der Waals surface area contributed by atoms with Crippen LogP contribution in [0.4, 0.5) is 0 Å². The first-order valence-electron chi connectivity index (χ1n) is 6.82. The minimum Gasteiger partial charge on any atom is -0.472 e. The van der Waals surface area contributed by atoms with Crippen LogP contribution in [0.25, 0.3) is 16.9 Å². The van der Waals surface area contributed by atoms with Crippen molar-refractivity contribution in [2.45, 2.75) is 24.8 Å². The van der Waals surface area contributed by atoms with E-state index in [0.29, 0.717) is 5.88 Å². The molecule has 0 N–H and O–H groups in total. The molecule has 0 radical (unpaired) electrons. The minimum absolute atomic E-state index is 0.0738. The van der Waals surface area contributed by atoms with E-state index in [1.165, 1.54) is 4.90 Å². The molecule has 21 heavy (non-hydrogen) atoms. The third kappa shape index (κ3) is 2.74. The molecule has 0 atom stereocenters. The van der Waals surface area contributed by atoms with E-state index < -0.39 is 0 Å². The lowest BCUT2D eigenvalue weighted by Gasteiger charge is -2.09. The maximum atomic E-state index is 5.72. The van der Waals surface area contributed by atoms with Gasteiger partial charge in [0.05, 0.1) is 18.0 Å². The van der Waals surface area contributed by atoms with Crippen LogP contribution in [-0.2, 0) is 0 Å². The second kappa shape index (κ2) is 5.77. The minimum atomic E-state index is 0.0738. The molecule has 1 aromatic carbocycles. The Morgan fingerprint density at radius 1 is 1.14 bits per heavy atom. The highest BCUT2D eigenvalue weighted by molar-refractivity contribution is 7.98. The standard InChI is InChI=1S/C16H17N3OS/c1-11(2)20-16-15-18-10-14(19(15)9-8-17-16)12-4-6-13(21-3)7-5-12/h4-11H,1-3H3. The van der Waals surface area contributed by atoms with Gasteiger partial charge in [-0.3, -0.25) is 4.40 Å². The molecular weight excluding hydrogens is 282 g/mol. The molecule has 5 heteroatoms. The molecular formula is C16H17N3OS. The summed E-state index contributed by atoms with van der Waals surface area (Å²) in [6.45, 7) is 3.96. The molecule has 4 nitrogen and oxygen atoms in total. The predicted molar refractivity (Wildman–Crippen MR) is 86.0 cm³/mol. The third-order valence-corrected chi connectivity index (χ3v) is 3.87. The van der Waals surface area contributed by atoms with E-state index in [9.17, 15) is 0 Å². The van der Waals surface area contributed by atoms with Gasteiger partial charge in [0.25, 0.3) is 5.88 Å². The van der Waals surface area contributed by atoms with Crippen LogP contribution in [0.3, 0.4) is 0 Å². The summed E-state index contributed by atoms with van der Waals surface area (Å²) in [4.78, 5) is 9.98. The number of thioether (sulfide) groups is 1. The van der Waals surface area contributed by atoms with Gasteiger partial charge < -0.3 is 4.74 Å². The Morgan fingerprint density at radius 3 is 2.57 bits per heavy atom. The van der Waals surface area contributed by atoms with Crippen LogP contribution in [0, 0.1) is 0 Å². The summed E-state index contributed by atoms with van der Waals surface area (Å²) in [5.74, 6) is 0.569. The van der Waals surface area contributed by atoms with Crippen molar-refractivity contribution in [2.24, 2.45) is 0 Å². The molecule has 0 aliphatic rings. The zero-order chi connectivity index (χ0) is 14.8. The molecule has 2 aromatic heterocycles. The van der Waals surface area contributed by atoms with Gasteiger partial charge >= 0.3 is 0 Å². The number of aromatic nitrogens is 3. The molecule has 108 valence electrons. The molecule has 0 saturated carbocycles. The van der Waals surface area contributed by atoms with Gasteiger partial charge in [-0.25, -0.2) is 9.97 Å². The molecule has 0 bridgehead atoms. The number of ether oxygens (including phenoxy) is 1. The van der Waals surface area contributed by atoms with Crippen molar-refractivity contribution >= 4 is 17.4 Å². The molecule has 2 heterocycles. The highest BCUT2D eigenvalue weighted by Crippen LogP contribution is 2.26. The summed E-state index contributed by atoms with van der Waals surface area (Å²) in [6.07, 6.45) is 7.66. The molecule has 0 aliphatic heterocycles. The molecule has 0 aliphatic carbocycles. The maximum absolute atomic E-state index is 5.72. The quantitative estimate of drug-likeness (QED) is 0.685. The zero-order valence-electron chi connectivity index (χ0n) is 12.3. The molecule has 0 fully saturated rings. The van der Waals surface area contributed by atoms with Gasteiger partial charge in [0, 0.05) is 22.9 Å². The Balaban J connectivity index is 2.07. The summed E-state index contributed by atoms with van der Waals surface area (Å²) in [7, 11) is 0. The second-order valence-electron chi connectivity index (χ2n) is 4.96. The highest BCUT2D eigenvalue weighted by Gasteiger charge is 2.12. The van der Waals surface area contributed by atoms with Gasteiger partial charge in [-0.05, 0) is 32.2 Å². The average molecular weight is 299 g/mol. The molecule has 0 spiro atoms. The van der Waals surface area contributed by atoms with Gasteiger partial charge in [-0.1, -0.05) is 12.1 Å². The van der Waals surface area contributed by atoms with E-state index in [0.717, 1.165) is 16.9 Å². The summed E-state index contributed by atoms with van der Waals surface area (Å²) in [5.41, 5.74) is 2.91. The van der Waals surface area contributed by atoms with Crippen LogP contribution in [0.1, 0.15) is 13.8 Å². The molecule has 0 unspecified atom stereocenters. The largest absolute Gasteiger partial charge is 0.472 e. The van der Waals surface area contributed by atoms with Gasteiger partial charge in [-0.15, -0.1) is 11.8 Å². The van der Waals surface area contributed by atoms with Crippen molar-refractivity contribution in [3.63, 3.8) is 0 Å². The Bertz CT molecular complexity index is 750. The fourth-order valence-corrected chi connectivity index (χ4v) is 2.59. The van der Waals surface area contributed by atoms with Gasteiger partial charge in [0.15, 0.2) is 0 Å². The van der Waals surface area contributed by atoms with Crippen molar-refractivity contribution in [2.75, 3.05) is 6.26 Å². The SMILES string of the molecule is CSc1ccc(-c2cnc3c(OC(C)C)nccn23)cc1. The average Bonchev–Trinajstić information content (AvgIpc) is 2.92. The number of hydrogen-bond acceptors (Lipinski definition) is 4. The first-order valence-corrected chi connectivity index (χ1v) is 8.04. The van der Waals surface area contributed by atoms with Crippen LogP contribution in [0.15, 0.2) is 47.8 Å². The van der Waals surface area contributed by atoms with Crippen molar-refractivity contribution in [3.8, 4) is 17.1 Å². The van der Waals surface area contributed by atoms with Crippen molar-refractivity contribution in [1.82, 2.24) is 14.4 Å². The van der Waals surface area contributed by atoms with E-state index in [4.69, 9.17) is 4.74 Å². The predicted octanol–water partition coefficient (Wildman–Crippen LogP) is 3.91. The highest BCUT2D eigenvalue weighted by atomic mass is 32.2. The molecule has 0 saturated heterocycles. The van der Waals surface area contributed by atoms with E-state index >= 15 is 0 Å². The number of nitrogens with zero attached hydrogens (tertiary/aromatic N) is 3. The Morgan fingerprint density at radius 2 is 1.90 bits per heavy atom. The maximum Gasteiger partial charge on any atom is 0.258 e. The number of imidazole rings is 1. The van der Waals surface area contributed by atoms with Crippen LogP contribution >= 0.6 is 11.8 Å². The van der Waals surface area contributed by atoms with Crippen LogP contribution < -0.4 is 4.74 Å². The van der Waals surface area contributed by atoms with Crippen molar-refractivity contribution < 1.29 is 4.74 Å². The number of hydrogen-bond donors (Lipinski definition) is 0. The van der Waals surface area contributed by atoms with Crippen LogP contribution in [-0.4, -0.2) is 26.7 Å². The molecule has 3 aromatic rings. The van der Waals surface area contributed by atoms with Gasteiger partial charge in [0.1, 0.15) is 0 Å². The van der Waals surface area contributed by atoms with Crippen molar-refractivity contribution in [3.05, 3.63) is 42.9 Å². The Hall–Kier alpha value is -2.01. The number of rotatable bonds is 4. The first-order chi connectivity index (χ1) is 10.2.